The van der Waals surface area contributed by atoms with E-state index in [1.807, 2.05) is 0 Å². The first kappa shape index (κ1) is 30.2. The van der Waals surface area contributed by atoms with Crippen LogP contribution in [0.5, 0.6) is 0 Å². The molecule has 1 rings (SSSR count). The third-order valence-corrected chi connectivity index (χ3v) is 6.44. The Morgan fingerprint density at radius 3 is 1.80 bits per heavy atom. The van der Waals surface area contributed by atoms with Crippen LogP contribution in [0.3, 0.4) is 0 Å². The lowest BCUT2D eigenvalue weighted by molar-refractivity contribution is -0.140. The van der Waals surface area contributed by atoms with Gasteiger partial charge in [-0.25, -0.2) is 14.4 Å². The van der Waals surface area contributed by atoms with Gasteiger partial charge in [0.2, 0.25) is 5.91 Å². The maximum Gasteiger partial charge on any atom is 0.326 e. The van der Waals surface area contributed by atoms with E-state index in [4.69, 9.17) is 10.2 Å². The molecule has 2 atom stereocenters. The number of hydrogen-bond donors (Lipinski definition) is 6. The zero-order valence-corrected chi connectivity index (χ0v) is 20.6. The van der Waals surface area contributed by atoms with Crippen molar-refractivity contribution in [2.24, 2.45) is 11.8 Å². The fraction of sp³-hybridized carbons (Fsp3) is 0.792. The average molecular weight is 500 g/mol. The molecule has 1 fully saturated rings. The van der Waals surface area contributed by atoms with Crippen LogP contribution in [0.25, 0.3) is 0 Å². The predicted octanol–water partition coefficient (Wildman–Crippen LogP) is 2.73. The van der Waals surface area contributed by atoms with Gasteiger partial charge in [-0.1, -0.05) is 45.4 Å². The smallest absolute Gasteiger partial charge is 0.326 e. The molecule has 1 saturated carbocycles. The standard InChI is InChI=1S/C24H41N3O8/c1-16-8-2-4-10-17(11-5-3-9-16)21(30)25-15-7-6-12-18(22(31)32)26-24(35)27-19(23(33)34)13-14-20(28)29/h16-19H,2-15H2,1H3,(H,25,30)(H,28,29)(H,31,32)(H,33,34)(H2,26,27,35)/t16?,17?,18-,19-/m0/s1. The van der Waals surface area contributed by atoms with Crippen molar-refractivity contribution in [2.45, 2.75) is 102 Å². The number of carbonyl (C=O) groups excluding carboxylic acids is 2. The van der Waals surface area contributed by atoms with Gasteiger partial charge in [0.25, 0.3) is 0 Å². The van der Waals surface area contributed by atoms with Gasteiger partial charge in [0.1, 0.15) is 12.1 Å². The van der Waals surface area contributed by atoms with Gasteiger partial charge in [0.15, 0.2) is 0 Å². The molecule has 0 saturated heterocycles. The van der Waals surface area contributed by atoms with E-state index in [1.54, 1.807) is 0 Å². The molecule has 200 valence electrons. The predicted molar refractivity (Wildman–Crippen MR) is 128 cm³/mol. The van der Waals surface area contributed by atoms with Gasteiger partial charge in [0.05, 0.1) is 0 Å². The van der Waals surface area contributed by atoms with E-state index in [9.17, 15) is 29.1 Å². The fourth-order valence-corrected chi connectivity index (χ4v) is 4.29. The number of urea groups is 1. The maximum atomic E-state index is 12.6. The molecule has 0 aromatic rings. The molecule has 0 spiro atoms. The molecule has 3 amide bonds. The Bertz CT molecular complexity index is 703. The number of unbranched alkanes of at least 4 members (excludes halogenated alkanes) is 1. The normalized spacial score (nSPS) is 20.6. The van der Waals surface area contributed by atoms with E-state index in [2.05, 4.69) is 22.9 Å². The van der Waals surface area contributed by atoms with Crippen molar-refractivity contribution in [1.82, 2.24) is 16.0 Å². The third-order valence-electron chi connectivity index (χ3n) is 6.44. The molecule has 35 heavy (non-hydrogen) atoms. The van der Waals surface area contributed by atoms with Crippen molar-refractivity contribution in [2.75, 3.05) is 6.54 Å². The Morgan fingerprint density at radius 1 is 0.771 bits per heavy atom. The molecule has 0 radical (unpaired) electrons. The summed E-state index contributed by atoms with van der Waals surface area (Å²) >= 11 is 0. The van der Waals surface area contributed by atoms with Crippen molar-refractivity contribution in [3.63, 3.8) is 0 Å². The monoisotopic (exact) mass is 499 g/mol. The van der Waals surface area contributed by atoms with E-state index < -0.39 is 42.4 Å². The molecule has 0 aliphatic heterocycles. The minimum atomic E-state index is -1.44. The number of rotatable bonds is 13. The summed E-state index contributed by atoms with van der Waals surface area (Å²) in [5.41, 5.74) is 0. The highest BCUT2D eigenvalue weighted by Gasteiger charge is 2.25. The van der Waals surface area contributed by atoms with Crippen molar-refractivity contribution < 1.29 is 39.3 Å². The minimum absolute atomic E-state index is 0.0174. The summed E-state index contributed by atoms with van der Waals surface area (Å²) in [4.78, 5) is 57.9. The molecule has 0 aromatic heterocycles. The van der Waals surface area contributed by atoms with Crippen molar-refractivity contribution in [1.29, 1.82) is 0 Å². The van der Waals surface area contributed by atoms with Gasteiger partial charge in [-0.05, 0) is 44.4 Å². The second-order valence-corrected chi connectivity index (χ2v) is 9.49. The van der Waals surface area contributed by atoms with Gasteiger partial charge < -0.3 is 31.3 Å². The Balaban J connectivity index is 2.37. The summed E-state index contributed by atoms with van der Waals surface area (Å²) in [5, 5.41) is 34.4. The number of carboxylic acid groups (broad SMARTS) is 3. The molecule has 0 aromatic carbocycles. The Kier molecular flexibility index (Phi) is 14.4. The SMILES string of the molecule is CC1CCCCC(C(=O)NCCCC[C@H](NC(=O)N[C@@H](CCC(=O)O)C(=O)O)C(=O)O)CCCC1. The minimum Gasteiger partial charge on any atom is -0.481 e. The van der Waals surface area contributed by atoms with Crippen LogP contribution in [0.15, 0.2) is 0 Å². The van der Waals surface area contributed by atoms with Crippen LogP contribution < -0.4 is 16.0 Å². The summed E-state index contributed by atoms with van der Waals surface area (Å²) in [6, 6.07) is -3.67. The van der Waals surface area contributed by atoms with Gasteiger partial charge in [-0.15, -0.1) is 0 Å². The number of amides is 3. The zero-order valence-electron chi connectivity index (χ0n) is 20.6. The number of hydrogen-bond acceptors (Lipinski definition) is 5. The lowest BCUT2D eigenvalue weighted by Gasteiger charge is -2.20. The Labute approximate surface area is 206 Å². The molecule has 0 heterocycles. The van der Waals surface area contributed by atoms with E-state index in [0.29, 0.717) is 19.4 Å². The first-order chi connectivity index (χ1) is 16.6. The van der Waals surface area contributed by atoms with E-state index in [-0.39, 0.29) is 24.7 Å². The van der Waals surface area contributed by atoms with Crippen LogP contribution in [0.2, 0.25) is 0 Å². The lowest BCUT2D eigenvalue weighted by Crippen LogP contribution is -2.51. The summed E-state index contributed by atoms with van der Waals surface area (Å²) < 4.78 is 0. The van der Waals surface area contributed by atoms with Crippen LogP contribution >= 0.6 is 0 Å². The largest absolute Gasteiger partial charge is 0.481 e. The fourth-order valence-electron chi connectivity index (χ4n) is 4.29. The van der Waals surface area contributed by atoms with Gasteiger partial charge in [-0.3, -0.25) is 9.59 Å². The molecule has 1 aliphatic rings. The summed E-state index contributed by atoms with van der Waals surface area (Å²) in [7, 11) is 0. The average Bonchev–Trinajstić information content (AvgIpc) is 2.79. The van der Waals surface area contributed by atoms with Gasteiger partial charge in [0, 0.05) is 18.9 Å². The number of aliphatic carboxylic acids is 3. The highest BCUT2D eigenvalue weighted by Crippen LogP contribution is 2.24. The van der Waals surface area contributed by atoms with Gasteiger partial charge in [-0.2, -0.15) is 0 Å². The third kappa shape index (κ3) is 13.6. The van der Waals surface area contributed by atoms with Crippen molar-refractivity contribution in [3.8, 4) is 0 Å². The lowest BCUT2D eigenvalue weighted by atomic mass is 9.88. The van der Waals surface area contributed by atoms with Crippen LogP contribution in [-0.4, -0.2) is 63.8 Å². The topological polar surface area (TPSA) is 182 Å². The second kappa shape index (κ2) is 16.7. The van der Waals surface area contributed by atoms with Crippen LogP contribution in [0.4, 0.5) is 4.79 Å². The van der Waals surface area contributed by atoms with E-state index >= 15 is 0 Å². The number of nitrogens with one attached hydrogen (secondary N) is 3. The quantitative estimate of drug-likeness (QED) is 0.209. The molecule has 1 aliphatic carbocycles. The van der Waals surface area contributed by atoms with E-state index in [1.165, 1.54) is 12.8 Å². The highest BCUT2D eigenvalue weighted by atomic mass is 16.4. The van der Waals surface area contributed by atoms with Crippen LogP contribution in [0, 0.1) is 11.8 Å². The number of carboxylic acids is 3. The molecule has 0 bridgehead atoms. The molecular formula is C24H41N3O8. The van der Waals surface area contributed by atoms with Gasteiger partial charge >= 0.3 is 23.9 Å². The molecule has 11 nitrogen and oxygen atoms in total. The first-order valence-corrected chi connectivity index (χ1v) is 12.6. The van der Waals surface area contributed by atoms with Crippen molar-refractivity contribution in [3.05, 3.63) is 0 Å². The Hall–Kier alpha value is -2.85. The van der Waals surface area contributed by atoms with E-state index in [0.717, 1.165) is 44.4 Å². The van der Waals surface area contributed by atoms with Crippen LogP contribution in [-0.2, 0) is 19.2 Å². The molecule has 0 unspecified atom stereocenters. The zero-order chi connectivity index (χ0) is 26.2. The maximum absolute atomic E-state index is 12.6. The number of carbonyl (C=O) groups is 5. The Morgan fingerprint density at radius 2 is 1.29 bits per heavy atom. The van der Waals surface area contributed by atoms with Crippen LogP contribution in [0.1, 0.15) is 90.4 Å². The molecule has 11 heteroatoms. The first-order valence-electron chi connectivity index (χ1n) is 12.6. The van der Waals surface area contributed by atoms with Crippen molar-refractivity contribution >= 4 is 29.8 Å². The molecular weight excluding hydrogens is 458 g/mol. The summed E-state index contributed by atoms with van der Waals surface area (Å²) in [6.07, 6.45) is 8.91. The summed E-state index contributed by atoms with van der Waals surface area (Å²) in [5.74, 6) is -3.06. The summed E-state index contributed by atoms with van der Waals surface area (Å²) in [6.45, 7) is 2.71. The molecule has 6 N–H and O–H groups in total. The second-order valence-electron chi connectivity index (χ2n) is 9.49. The highest BCUT2D eigenvalue weighted by molar-refractivity contribution is 5.86.